The number of hydrogen-bond donors (Lipinski definition) is 2. The highest BCUT2D eigenvalue weighted by atomic mass is 35.5. The van der Waals surface area contributed by atoms with E-state index in [1.165, 1.54) is 12.1 Å². The van der Waals surface area contributed by atoms with Gasteiger partial charge in [-0.1, -0.05) is 18.5 Å². The molecule has 0 spiro atoms. The number of rotatable bonds is 6. The van der Waals surface area contributed by atoms with Crippen LogP contribution in [0.4, 0.5) is 5.69 Å². The maximum absolute atomic E-state index is 12.1. The van der Waals surface area contributed by atoms with Crippen molar-refractivity contribution in [3.05, 3.63) is 22.7 Å². The van der Waals surface area contributed by atoms with Crippen molar-refractivity contribution in [3.8, 4) is 0 Å². The number of nitrogen functional groups attached to an aromatic ring is 1. The van der Waals surface area contributed by atoms with Crippen molar-refractivity contribution in [1.82, 2.24) is 4.72 Å². The van der Waals surface area contributed by atoms with E-state index in [1.807, 2.05) is 0 Å². The summed E-state index contributed by atoms with van der Waals surface area (Å²) in [4.78, 5) is -0.0347. The van der Waals surface area contributed by atoms with Crippen LogP contribution in [0.25, 0.3) is 0 Å². The van der Waals surface area contributed by atoms with Gasteiger partial charge in [-0.15, -0.1) is 0 Å². The Hall–Kier alpha value is -0.630. The standard InChI is InChI=1S/C12H19ClN2O3S2/c1-8-6-10(13)12(7-11(8)14)20(17,18)15-5-4-9(2)19(3)16/h6-7,9,15H,4-5,14H2,1-3H3. The molecule has 0 aliphatic heterocycles. The largest absolute Gasteiger partial charge is 0.398 e. The second-order valence-electron chi connectivity index (χ2n) is 4.63. The molecule has 0 amide bonds. The van der Waals surface area contributed by atoms with Gasteiger partial charge in [-0.3, -0.25) is 4.21 Å². The first-order valence-electron chi connectivity index (χ1n) is 6.02. The Morgan fingerprint density at radius 2 is 2.05 bits per heavy atom. The summed E-state index contributed by atoms with van der Waals surface area (Å²) in [5.74, 6) is 0. The van der Waals surface area contributed by atoms with Crippen LogP contribution in [0, 0.1) is 6.92 Å². The van der Waals surface area contributed by atoms with Gasteiger partial charge >= 0.3 is 0 Å². The molecule has 0 aliphatic rings. The maximum atomic E-state index is 12.1. The molecular formula is C12H19ClN2O3S2. The zero-order chi connectivity index (χ0) is 15.5. The number of halogens is 1. The summed E-state index contributed by atoms with van der Waals surface area (Å²) >= 11 is 5.95. The van der Waals surface area contributed by atoms with Gasteiger partial charge in [0.2, 0.25) is 10.0 Å². The minimum atomic E-state index is -3.71. The Kier molecular flexibility index (Phi) is 6.00. The third-order valence-electron chi connectivity index (χ3n) is 3.02. The Balaban J connectivity index is 2.85. The Morgan fingerprint density at radius 1 is 1.45 bits per heavy atom. The molecule has 0 saturated heterocycles. The van der Waals surface area contributed by atoms with Crippen molar-refractivity contribution < 1.29 is 12.6 Å². The molecule has 2 unspecified atom stereocenters. The number of sulfonamides is 1. The molecule has 20 heavy (non-hydrogen) atoms. The maximum Gasteiger partial charge on any atom is 0.242 e. The lowest BCUT2D eigenvalue weighted by Crippen LogP contribution is -2.28. The fourth-order valence-electron chi connectivity index (χ4n) is 1.51. The van der Waals surface area contributed by atoms with Gasteiger partial charge in [0, 0.05) is 34.5 Å². The number of hydrogen-bond acceptors (Lipinski definition) is 4. The number of aryl methyl sites for hydroxylation is 1. The normalized spacial score (nSPS) is 15.0. The predicted molar refractivity (Wildman–Crippen MR) is 83.9 cm³/mol. The van der Waals surface area contributed by atoms with Crippen LogP contribution in [-0.2, 0) is 20.8 Å². The highest BCUT2D eigenvalue weighted by molar-refractivity contribution is 7.89. The predicted octanol–water partition coefficient (Wildman–Crippen LogP) is 1.67. The lowest BCUT2D eigenvalue weighted by molar-refractivity contribution is 0.578. The Morgan fingerprint density at radius 3 is 2.60 bits per heavy atom. The molecule has 2 atom stereocenters. The number of anilines is 1. The fourth-order valence-corrected chi connectivity index (χ4v) is 3.63. The zero-order valence-electron chi connectivity index (χ0n) is 11.6. The summed E-state index contributed by atoms with van der Waals surface area (Å²) in [6, 6.07) is 2.87. The summed E-state index contributed by atoms with van der Waals surface area (Å²) in [5.41, 5.74) is 6.81. The summed E-state index contributed by atoms with van der Waals surface area (Å²) < 4.78 is 37.9. The van der Waals surface area contributed by atoms with Gasteiger partial charge in [0.05, 0.1) is 5.02 Å². The van der Waals surface area contributed by atoms with Gasteiger partial charge in [0.25, 0.3) is 0 Å². The van der Waals surface area contributed by atoms with E-state index in [9.17, 15) is 12.6 Å². The summed E-state index contributed by atoms with van der Waals surface area (Å²) in [5, 5.41) is 0.0626. The molecule has 0 fully saturated rings. The van der Waals surface area contributed by atoms with Crippen molar-refractivity contribution in [3.63, 3.8) is 0 Å². The molecule has 114 valence electrons. The van der Waals surface area contributed by atoms with E-state index in [2.05, 4.69) is 4.72 Å². The molecule has 0 bridgehead atoms. The van der Waals surface area contributed by atoms with Crippen molar-refractivity contribution >= 4 is 38.1 Å². The fraction of sp³-hybridized carbons (Fsp3) is 0.500. The van der Waals surface area contributed by atoms with Gasteiger partial charge in [-0.25, -0.2) is 13.1 Å². The van der Waals surface area contributed by atoms with Gasteiger partial charge in [-0.05, 0) is 31.0 Å². The first kappa shape index (κ1) is 17.4. The second kappa shape index (κ2) is 6.89. The van der Waals surface area contributed by atoms with Crippen LogP contribution in [0.1, 0.15) is 18.9 Å². The summed E-state index contributed by atoms with van der Waals surface area (Å²) in [6.45, 7) is 3.76. The molecule has 1 aromatic carbocycles. The van der Waals surface area contributed by atoms with Crippen LogP contribution in [0.3, 0.4) is 0 Å². The SMILES string of the molecule is Cc1cc(Cl)c(S(=O)(=O)NCCC(C)S(C)=O)cc1N. The molecule has 0 aromatic heterocycles. The zero-order valence-corrected chi connectivity index (χ0v) is 14.0. The first-order valence-corrected chi connectivity index (χ1v) is 9.51. The topological polar surface area (TPSA) is 89.3 Å². The van der Waals surface area contributed by atoms with Gasteiger partial charge in [0.15, 0.2) is 0 Å². The van der Waals surface area contributed by atoms with Crippen LogP contribution >= 0.6 is 11.6 Å². The van der Waals surface area contributed by atoms with E-state index in [0.29, 0.717) is 12.1 Å². The van der Waals surface area contributed by atoms with E-state index in [0.717, 1.165) is 5.56 Å². The van der Waals surface area contributed by atoms with Crippen LogP contribution in [0.5, 0.6) is 0 Å². The van der Waals surface area contributed by atoms with Crippen molar-refractivity contribution in [2.24, 2.45) is 0 Å². The second-order valence-corrected chi connectivity index (χ2v) is 8.58. The first-order chi connectivity index (χ1) is 9.15. The molecule has 0 aliphatic carbocycles. The van der Waals surface area contributed by atoms with Gasteiger partial charge in [0.1, 0.15) is 4.90 Å². The minimum Gasteiger partial charge on any atom is -0.398 e. The van der Waals surface area contributed by atoms with Crippen molar-refractivity contribution in [2.75, 3.05) is 18.5 Å². The number of nitrogens with two attached hydrogens (primary N) is 1. The summed E-state index contributed by atoms with van der Waals surface area (Å²) in [6.07, 6.45) is 2.08. The van der Waals surface area contributed by atoms with E-state index in [1.54, 1.807) is 20.1 Å². The highest BCUT2D eigenvalue weighted by Crippen LogP contribution is 2.26. The van der Waals surface area contributed by atoms with Gasteiger partial charge in [-0.2, -0.15) is 0 Å². The molecule has 0 radical (unpaired) electrons. The van der Waals surface area contributed by atoms with Crippen LogP contribution < -0.4 is 10.5 Å². The molecule has 0 saturated carbocycles. The van der Waals surface area contributed by atoms with Crippen molar-refractivity contribution in [2.45, 2.75) is 30.4 Å². The van der Waals surface area contributed by atoms with E-state index in [-0.39, 0.29) is 21.7 Å². The van der Waals surface area contributed by atoms with Crippen LogP contribution in [0.2, 0.25) is 5.02 Å². The monoisotopic (exact) mass is 338 g/mol. The molecule has 1 aromatic rings. The minimum absolute atomic E-state index is 0.0347. The molecule has 8 heteroatoms. The smallest absolute Gasteiger partial charge is 0.242 e. The van der Waals surface area contributed by atoms with E-state index >= 15 is 0 Å². The quantitative estimate of drug-likeness (QED) is 0.772. The number of nitrogens with one attached hydrogen (secondary N) is 1. The highest BCUT2D eigenvalue weighted by Gasteiger charge is 2.19. The Labute approximate surface area is 127 Å². The van der Waals surface area contributed by atoms with Gasteiger partial charge < -0.3 is 5.73 Å². The lowest BCUT2D eigenvalue weighted by atomic mass is 10.2. The molecule has 1 rings (SSSR count). The number of benzene rings is 1. The lowest BCUT2D eigenvalue weighted by Gasteiger charge is -2.12. The Bertz CT molecular complexity index is 617. The van der Waals surface area contributed by atoms with E-state index in [4.69, 9.17) is 17.3 Å². The molecular weight excluding hydrogens is 320 g/mol. The third-order valence-corrected chi connectivity index (χ3v) is 6.31. The molecule has 0 heterocycles. The van der Waals surface area contributed by atoms with E-state index < -0.39 is 20.8 Å². The third kappa shape index (κ3) is 4.44. The van der Waals surface area contributed by atoms with Crippen LogP contribution in [-0.4, -0.2) is 30.7 Å². The average molecular weight is 339 g/mol. The summed E-state index contributed by atoms with van der Waals surface area (Å²) in [7, 11) is -4.69. The molecule has 5 nitrogen and oxygen atoms in total. The average Bonchev–Trinajstić information content (AvgIpc) is 2.33. The van der Waals surface area contributed by atoms with Crippen molar-refractivity contribution in [1.29, 1.82) is 0 Å². The molecule has 3 N–H and O–H groups in total. The van der Waals surface area contributed by atoms with Crippen LogP contribution in [0.15, 0.2) is 17.0 Å².